The summed E-state index contributed by atoms with van der Waals surface area (Å²) >= 11 is 0. The molecule has 47 heavy (non-hydrogen) atoms. The molecule has 2 heterocycles. The molecule has 0 N–H and O–H groups in total. The first-order chi connectivity index (χ1) is 22.6. The average molecular weight is 675 g/mol. The number of sulfone groups is 2. The van der Waals surface area contributed by atoms with Gasteiger partial charge in [-0.05, 0) is 111 Å². The number of hydrogen-bond donors (Lipinski definition) is 0. The van der Waals surface area contributed by atoms with Gasteiger partial charge >= 0.3 is 0 Å². The van der Waals surface area contributed by atoms with Gasteiger partial charge in [0.2, 0.25) is 19.7 Å². The smallest absolute Gasteiger partial charge is 0.207 e. The highest BCUT2D eigenvalue weighted by Gasteiger charge is 2.40. The first kappa shape index (κ1) is 30.2. The molecule has 5 aromatic carbocycles. The Morgan fingerprint density at radius 2 is 0.894 bits per heavy atom. The Morgan fingerprint density at radius 3 is 1.40 bits per heavy atom. The second-order valence-electron chi connectivity index (χ2n) is 12.8. The van der Waals surface area contributed by atoms with Crippen LogP contribution in [0.1, 0.15) is 52.5 Å². The number of rotatable bonds is 4. The second kappa shape index (κ2) is 10.9. The van der Waals surface area contributed by atoms with Crippen LogP contribution in [0.25, 0.3) is 0 Å². The topological polar surface area (TPSA) is 68.3 Å². The van der Waals surface area contributed by atoms with Gasteiger partial charge in [-0.25, -0.2) is 16.8 Å². The summed E-state index contributed by atoms with van der Waals surface area (Å²) in [4.78, 5) is 4.09. The molecule has 5 aromatic rings. The lowest BCUT2D eigenvalue weighted by Crippen LogP contribution is -2.23. The molecule has 0 saturated heterocycles. The van der Waals surface area contributed by atoms with Crippen LogP contribution in [0.15, 0.2) is 168 Å². The molecule has 0 spiro atoms. The Bertz CT molecular complexity index is 2300. The van der Waals surface area contributed by atoms with E-state index in [1.54, 1.807) is 36.4 Å². The van der Waals surface area contributed by atoms with E-state index in [4.69, 9.17) is 0 Å². The van der Waals surface area contributed by atoms with Crippen molar-refractivity contribution in [2.24, 2.45) is 0 Å². The molecular weight excluding hydrogens is 641 g/mol. The highest BCUT2D eigenvalue weighted by atomic mass is 32.3. The maximum absolute atomic E-state index is 13.5. The minimum Gasteiger partial charge on any atom is -0.219 e. The van der Waals surface area contributed by atoms with Crippen LogP contribution in [0.4, 0.5) is 0 Å². The normalized spacial score (nSPS) is 19.7. The first-order valence-corrected chi connectivity index (χ1v) is 21.1. The van der Waals surface area contributed by atoms with Crippen molar-refractivity contribution in [2.45, 2.75) is 49.2 Å². The average Bonchev–Trinajstić information content (AvgIpc) is 3.09. The molecule has 0 radical (unpaired) electrons. The van der Waals surface area contributed by atoms with Crippen LogP contribution in [-0.4, -0.2) is 29.3 Å². The highest BCUT2D eigenvalue weighted by molar-refractivity contribution is 8.32. The molecule has 0 saturated carbocycles. The van der Waals surface area contributed by atoms with Crippen molar-refractivity contribution in [1.82, 2.24) is 0 Å². The lowest BCUT2D eigenvalue weighted by atomic mass is 9.82. The van der Waals surface area contributed by atoms with E-state index < -0.39 is 29.7 Å². The van der Waals surface area contributed by atoms with Gasteiger partial charge in [0.1, 0.15) is 0 Å². The molecule has 1 aliphatic carbocycles. The SMILES string of the molecule is CS(C)(c1ccc(C2C3=CCCC=C3S(=O)(=O)c3ccccc32)cc1)c1ccc(C2c3ccccc3S(=O)(=O)c3ccccc32)cc1. The van der Waals surface area contributed by atoms with E-state index in [2.05, 4.69) is 67.1 Å². The Hall–Kier alpha value is -4.17. The van der Waals surface area contributed by atoms with Crippen molar-refractivity contribution < 1.29 is 16.8 Å². The summed E-state index contributed by atoms with van der Waals surface area (Å²) in [7, 11) is -8.51. The van der Waals surface area contributed by atoms with Gasteiger partial charge in [0, 0.05) is 11.8 Å². The lowest BCUT2D eigenvalue weighted by molar-refractivity contribution is 0.589. The van der Waals surface area contributed by atoms with E-state index in [1.165, 1.54) is 9.79 Å². The van der Waals surface area contributed by atoms with Crippen LogP contribution in [0.5, 0.6) is 0 Å². The Morgan fingerprint density at radius 1 is 0.489 bits per heavy atom. The molecule has 0 fully saturated rings. The molecule has 3 aliphatic rings. The summed E-state index contributed by atoms with van der Waals surface area (Å²) in [5, 5.41) is 0. The van der Waals surface area contributed by atoms with Crippen LogP contribution >= 0.6 is 10.0 Å². The fourth-order valence-corrected chi connectivity index (χ4v) is 13.0. The fraction of sp³-hybridized carbons (Fsp3) is 0.150. The third-order valence-electron chi connectivity index (χ3n) is 9.91. The summed E-state index contributed by atoms with van der Waals surface area (Å²) in [5.41, 5.74) is 5.50. The van der Waals surface area contributed by atoms with Gasteiger partial charge in [-0.2, -0.15) is 10.0 Å². The van der Waals surface area contributed by atoms with E-state index in [0.29, 0.717) is 19.6 Å². The molecule has 0 aromatic heterocycles. The zero-order chi connectivity index (χ0) is 32.6. The summed E-state index contributed by atoms with van der Waals surface area (Å²) in [6, 6.07) is 39.5. The molecule has 236 valence electrons. The van der Waals surface area contributed by atoms with Crippen molar-refractivity contribution in [1.29, 1.82) is 0 Å². The number of fused-ring (bicyclic) bond motifs is 4. The van der Waals surface area contributed by atoms with Crippen LogP contribution in [0.3, 0.4) is 0 Å². The van der Waals surface area contributed by atoms with E-state index >= 15 is 0 Å². The predicted octanol–water partition coefficient (Wildman–Crippen LogP) is 9.02. The van der Waals surface area contributed by atoms with Crippen LogP contribution in [-0.2, 0) is 19.7 Å². The number of allylic oxidation sites excluding steroid dienone is 3. The van der Waals surface area contributed by atoms with Crippen molar-refractivity contribution in [2.75, 3.05) is 12.5 Å². The maximum Gasteiger partial charge on any atom is 0.207 e. The van der Waals surface area contributed by atoms with E-state index in [0.717, 1.165) is 46.2 Å². The van der Waals surface area contributed by atoms with Gasteiger partial charge < -0.3 is 0 Å². The largest absolute Gasteiger partial charge is 0.219 e. The van der Waals surface area contributed by atoms with E-state index in [1.807, 2.05) is 42.5 Å². The minimum atomic E-state index is -3.58. The molecule has 4 nitrogen and oxygen atoms in total. The lowest BCUT2D eigenvalue weighted by Gasteiger charge is -2.35. The van der Waals surface area contributed by atoms with Gasteiger partial charge in [-0.3, -0.25) is 0 Å². The van der Waals surface area contributed by atoms with Crippen molar-refractivity contribution in [3.63, 3.8) is 0 Å². The summed E-state index contributed by atoms with van der Waals surface area (Å²) in [6.07, 6.45) is 10.2. The monoisotopic (exact) mass is 674 g/mol. The van der Waals surface area contributed by atoms with E-state index in [-0.39, 0.29) is 11.8 Å². The first-order valence-electron chi connectivity index (χ1n) is 15.7. The molecule has 1 unspecified atom stereocenters. The second-order valence-corrected chi connectivity index (χ2v) is 20.1. The zero-order valence-corrected chi connectivity index (χ0v) is 28.6. The van der Waals surface area contributed by atoms with Gasteiger partial charge in [0.25, 0.3) is 0 Å². The molecular formula is C40H34O4S3. The summed E-state index contributed by atoms with van der Waals surface area (Å²) in [6.45, 7) is 0. The van der Waals surface area contributed by atoms with E-state index in [9.17, 15) is 16.8 Å². The molecule has 2 aliphatic heterocycles. The summed E-state index contributed by atoms with van der Waals surface area (Å²) < 4.78 is 53.9. The van der Waals surface area contributed by atoms with Crippen LogP contribution in [0, 0.1) is 0 Å². The van der Waals surface area contributed by atoms with Gasteiger partial charge in [-0.15, -0.1) is 0 Å². The molecule has 0 bridgehead atoms. The molecule has 7 heteroatoms. The molecule has 8 rings (SSSR count). The Balaban J connectivity index is 1.14. The maximum atomic E-state index is 13.5. The van der Waals surface area contributed by atoms with Crippen molar-refractivity contribution >= 4 is 29.7 Å². The predicted molar refractivity (Wildman–Crippen MR) is 189 cm³/mol. The zero-order valence-electron chi connectivity index (χ0n) is 26.1. The standard InChI is InChI=1S/C40H34O4S3/c1-45(2,29-23-19-27(20-24-29)39-31-11-3-7-15-35(31)46(41,42)36-16-8-4-12-32(36)39)30-25-21-28(22-26-30)40-33-13-5-9-17-37(33)47(43,44)38-18-10-6-14-34(38)40/h3-5,7-9,11-26,39-40H,6,10H2,1-2H3. The Labute approximate surface area is 278 Å². The van der Waals surface area contributed by atoms with Crippen LogP contribution < -0.4 is 0 Å². The van der Waals surface area contributed by atoms with Crippen LogP contribution in [0.2, 0.25) is 0 Å². The van der Waals surface area contributed by atoms with Gasteiger partial charge in [-0.1, -0.05) is 91.0 Å². The minimum absolute atomic E-state index is 0.127. The van der Waals surface area contributed by atoms with Crippen molar-refractivity contribution in [3.05, 3.63) is 172 Å². The quantitative estimate of drug-likeness (QED) is 0.187. The molecule has 1 atom stereocenters. The molecule has 0 amide bonds. The van der Waals surface area contributed by atoms with Gasteiger partial charge in [0.15, 0.2) is 0 Å². The van der Waals surface area contributed by atoms with Gasteiger partial charge in [0.05, 0.1) is 19.6 Å². The Kier molecular flexibility index (Phi) is 7.03. The third-order valence-corrected chi connectivity index (χ3v) is 16.6. The number of hydrogen-bond acceptors (Lipinski definition) is 4. The fourth-order valence-electron chi connectivity index (χ4n) is 7.52. The van der Waals surface area contributed by atoms with Crippen molar-refractivity contribution in [3.8, 4) is 0 Å². The third kappa shape index (κ3) is 4.62. The number of benzene rings is 5. The summed E-state index contributed by atoms with van der Waals surface area (Å²) in [5.74, 6) is -0.301. The highest BCUT2D eigenvalue weighted by Crippen LogP contribution is 2.57.